The maximum Gasteiger partial charge on any atom is 0.322 e. The molecule has 0 unspecified atom stereocenters. The highest BCUT2D eigenvalue weighted by molar-refractivity contribution is 6.04. The van der Waals surface area contributed by atoms with Gasteiger partial charge < -0.3 is 26.2 Å². The van der Waals surface area contributed by atoms with Gasteiger partial charge in [0.1, 0.15) is 11.5 Å². The molecule has 3 amide bonds. The lowest BCUT2D eigenvalue weighted by Gasteiger charge is -2.24. The third kappa shape index (κ3) is 7.75. The number of benzene rings is 2. The molecule has 0 radical (unpaired) electrons. The number of amides is 3. The second-order valence-corrected chi connectivity index (χ2v) is 9.21. The van der Waals surface area contributed by atoms with Gasteiger partial charge in [0, 0.05) is 25.0 Å². The standard InChI is InChI=1S/C28H33FN6O2/c29-22-8-7-9-23(18-22)32-28(37)35(17-6-5-16-34-14-3-4-15-34)20-21-12-13-26(31-19-21)27(36)33-25-11-2-1-10-24(25)30/h1-2,7-13,18-19H,3-6,14-17,20,30H2,(H,32,37)(H,33,36). The van der Waals surface area contributed by atoms with Gasteiger partial charge in [-0.3, -0.25) is 9.78 Å². The predicted octanol–water partition coefficient (Wildman–Crippen LogP) is 4.97. The number of hydrogen-bond donors (Lipinski definition) is 3. The predicted molar refractivity (Wildman–Crippen MR) is 144 cm³/mol. The van der Waals surface area contributed by atoms with Crippen LogP contribution in [0.3, 0.4) is 0 Å². The van der Waals surface area contributed by atoms with Crippen molar-refractivity contribution in [3.63, 3.8) is 0 Å². The quantitative estimate of drug-likeness (QED) is 0.267. The maximum atomic E-state index is 13.6. The van der Waals surface area contributed by atoms with Crippen LogP contribution in [-0.4, -0.2) is 52.9 Å². The topological polar surface area (TPSA) is 104 Å². The van der Waals surface area contributed by atoms with Crippen LogP contribution in [0.2, 0.25) is 0 Å². The molecule has 3 aromatic rings. The van der Waals surface area contributed by atoms with E-state index in [2.05, 4.69) is 20.5 Å². The van der Waals surface area contributed by atoms with Gasteiger partial charge in [-0.05, 0) is 87.3 Å². The van der Waals surface area contributed by atoms with E-state index in [1.54, 1.807) is 59.6 Å². The number of halogens is 1. The van der Waals surface area contributed by atoms with Crippen LogP contribution in [0.1, 0.15) is 41.7 Å². The summed E-state index contributed by atoms with van der Waals surface area (Å²) in [5.74, 6) is -0.780. The number of unbranched alkanes of at least 4 members (excludes halogenated alkanes) is 1. The smallest absolute Gasteiger partial charge is 0.322 e. The number of nitrogens with two attached hydrogens (primary N) is 1. The summed E-state index contributed by atoms with van der Waals surface area (Å²) in [6, 6.07) is 15.9. The largest absolute Gasteiger partial charge is 0.397 e. The molecule has 9 heteroatoms. The van der Waals surface area contributed by atoms with Crippen molar-refractivity contribution < 1.29 is 14.0 Å². The number of rotatable bonds is 10. The van der Waals surface area contributed by atoms with Crippen LogP contribution in [-0.2, 0) is 6.54 Å². The molecule has 4 rings (SSSR count). The minimum Gasteiger partial charge on any atom is -0.397 e. The van der Waals surface area contributed by atoms with Gasteiger partial charge in [-0.15, -0.1) is 0 Å². The summed E-state index contributed by atoms with van der Waals surface area (Å²) < 4.78 is 13.6. The molecule has 0 aliphatic carbocycles. The number of likely N-dealkylation sites (tertiary alicyclic amines) is 1. The van der Waals surface area contributed by atoms with Crippen molar-refractivity contribution in [3.8, 4) is 0 Å². The zero-order valence-corrected chi connectivity index (χ0v) is 20.8. The molecule has 0 bridgehead atoms. The van der Waals surface area contributed by atoms with E-state index >= 15 is 0 Å². The van der Waals surface area contributed by atoms with Crippen LogP contribution in [0.15, 0.2) is 66.9 Å². The first-order valence-corrected chi connectivity index (χ1v) is 12.6. The van der Waals surface area contributed by atoms with Crippen molar-refractivity contribution in [2.24, 2.45) is 0 Å². The summed E-state index contributed by atoms with van der Waals surface area (Å²) in [6.07, 6.45) is 5.93. The SMILES string of the molecule is Nc1ccccc1NC(=O)c1ccc(CN(CCCCN2CCCC2)C(=O)Nc2cccc(F)c2)cn1. The Bertz CT molecular complexity index is 1200. The number of para-hydroxylation sites is 2. The second-order valence-electron chi connectivity index (χ2n) is 9.21. The van der Waals surface area contributed by atoms with E-state index in [0.29, 0.717) is 30.2 Å². The van der Waals surface area contributed by atoms with Crippen molar-refractivity contribution in [2.45, 2.75) is 32.2 Å². The van der Waals surface area contributed by atoms with Crippen molar-refractivity contribution in [1.29, 1.82) is 0 Å². The number of carbonyl (C=O) groups is 2. The van der Waals surface area contributed by atoms with E-state index in [-0.39, 0.29) is 17.6 Å². The summed E-state index contributed by atoms with van der Waals surface area (Å²) >= 11 is 0. The Labute approximate surface area is 216 Å². The fourth-order valence-corrected chi connectivity index (χ4v) is 4.34. The number of anilines is 3. The molecule has 1 aliphatic heterocycles. The Kier molecular flexibility index (Phi) is 9.04. The molecule has 1 fully saturated rings. The summed E-state index contributed by atoms with van der Waals surface area (Å²) in [6.45, 7) is 4.17. The summed E-state index contributed by atoms with van der Waals surface area (Å²) in [5, 5.41) is 5.55. The average Bonchev–Trinajstić information content (AvgIpc) is 3.41. The molecule has 194 valence electrons. The lowest BCUT2D eigenvalue weighted by molar-refractivity contribution is 0.102. The Morgan fingerprint density at radius 2 is 1.81 bits per heavy atom. The number of carbonyl (C=O) groups excluding carboxylic acids is 2. The molecule has 0 spiro atoms. The van der Waals surface area contributed by atoms with Crippen LogP contribution in [0.5, 0.6) is 0 Å². The van der Waals surface area contributed by atoms with Gasteiger partial charge in [0.15, 0.2) is 0 Å². The number of nitrogen functional groups attached to an aromatic ring is 1. The molecule has 37 heavy (non-hydrogen) atoms. The number of nitrogens with one attached hydrogen (secondary N) is 2. The molecule has 1 aromatic heterocycles. The van der Waals surface area contributed by atoms with Crippen molar-refractivity contribution in [1.82, 2.24) is 14.8 Å². The van der Waals surface area contributed by atoms with E-state index in [1.807, 2.05) is 0 Å². The van der Waals surface area contributed by atoms with Crippen LogP contribution in [0, 0.1) is 5.82 Å². The minimum absolute atomic E-state index is 0.244. The third-order valence-corrected chi connectivity index (χ3v) is 6.35. The zero-order valence-electron chi connectivity index (χ0n) is 20.8. The molecular weight excluding hydrogens is 471 g/mol. The van der Waals surface area contributed by atoms with E-state index in [1.165, 1.54) is 25.0 Å². The molecule has 0 saturated carbocycles. The summed E-state index contributed by atoms with van der Waals surface area (Å²) in [5.41, 5.74) is 8.32. The average molecular weight is 505 g/mol. The number of urea groups is 1. The van der Waals surface area contributed by atoms with E-state index < -0.39 is 5.82 Å². The van der Waals surface area contributed by atoms with E-state index in [9.17, 15) is 14.0 Å². The minimum atomic E-state index is -0.412. The normalized spacial score (nSPS) is 13.3. The summed E-state index contributed by atoms with van der Waals surface area (Å²) in [4.78, 5) is 34.1. The van der Waals surface area contributed by atoms with Crippen LogP contribution < -0.4 is 16.4 Å². The number of hydrogen-bond acceptors (Lipinski definition) is 5. The fraction of sp³-hybridized carbons (Fsp3) is 0.321. The first-order chi connectivity index (χ1) is 18.0. The van der Waals surface area contributed by atoms with Crippen LogP contribution in [0.25, 0.3) is 0 Å². The third-order valence-electron chi connectivity index (χ3n) is 6.35. The lowest BCUT2D eigenvalue weighted by Crippen LogP contribution is -2.35. The fourth-order valence-electron chi connectivity index (χ4n) is 4.34. The Hall–Kier alpha value is -3.98. The molecule has 0 atom stereocenters. The van der Waals surface area contributed by atoms with Gasteiger partial charge in [-0.2, -0.15) is 0 Å². The highest BCUT2D eigenvalue weighted by atomic mass is 19.1. The molecular formula is C28H33FN6O2. The lowest BCUT2D eigenvalue weighted by atomic mass is 10.2. The van der Waals surface area contributed by atoms with Crippen LogP contribution >= 0.6 is 0 Å². The monoisotopic (exact) mass is 504 g/mol. The molecule has 1 aliphatic rings. The molecule has 2 aromatic carbocycles. The molecule has 8 nitrogen and oxygen atoms in total. The number of aromatic nitrogens is 1. The Morgan fingerprint density at radius 3 is 2.54 bits per heavy atom. The molecule has 2 heterocycles. The van der Waals surface area contributed by atoms with Crippen LogP contribution in [0.4, 0.5) is 26.2 Å². The van der Waals surface area contributed by atoms with Crippen molar-refractivity contribution in [2.75, 3.05) is 42.5 Å². The Balaban J connectivity index is 1.38. The van der Waals surface area contributed by atoms with Gasteiger partial charge >= 0.3 is 6.03 Å². The number of nitrogens with zero attached hydrogens (tertiary/aromatic N) is 3. The first-order valence-electron chi connectivity index (χ1n) is 12.6. The Morgan fingerprint density at radius 1 is 1.00 bits per heavy atom. The van der Waals surface area contributed by atoms with Gasteiger partial charge in [-0.25, -0.2) is 9.18 Å². The van der Waals surface area contributed by atoms with Gasteiger partial charge in [-0.1, -0.05) is 24.3 Å². The van der Waals surface area contributed by atoms with E-state index in [0.717, 1.165) is 38.0 Å². The second kappa shape index (κ2) is 12.8. The van der Waals surface area contributed by atoms with Gasteiger partial charge in [0.2, 0.25) is 0 Å². The van der Waals surface area contributed by atoms with E-state index in [4.69, 9.17) is 5.73 Å². The van der Waals surface area contributed by atoms with Crippen molar-refractivity contribution >= 4 is 29.0 Å². The molecule has 1 saturated heterocycles. The zero-order chi connectivity index (χ0) is 26.0. The highest BCUT2D eigenvalue weighted by Crippen LogP contribution is 2.18. The number of pyridine rings is 1. The van der Waals surface area contributed by atoms with Gasteiger partial charge in [0.25, 0.3) is 5.91 Å². The maximum absolute atomic E-state index is 13.6. The molecule has 4 N–H and O–H groups in total. The van der Waals surface area contributed by atoms with Gasteiger partial charge in [0.05, 0.1) is 11.4 Å². The summed E-state index contributed by atoms with van der Waals surface area (Å²) in [7, 11) is 0. The highest BCUT2D eigenvalue weighted by Gasteiger charge is 2.17. The first kappa shape index (κ1) is 26.1. The van der Waals surface area contributed by atoms with Crippen molar-refractivity contribution in [3.05, 3.63) is 83.9 Å².